The van der Waals surface area contributed by atoms with Gasteiger partial charge in [-0.25, -0.2) is 0 Å². The Kier molecular flexibility index (Phi) is 4.76. The number of rotatable bonds is 4. The molecule has 0 saturated carbocycles. The maximum absolute atomic E-state index is 11.5. The molecule has 2 N–H and O–H groups in total. The first-order valence-electron chi connectivity index (χ1n) is 6.30. The summed E-state index contributed by atoms with van der Waals surface area (Å²) in [5.41, 5.74) is 7.02. The Morgan fingerprint density at radius 2 is 2.40 bits per heavy atom. The van der Waals surface area contributed by atoms with E-state index in [0.29, 0.717) is 25.1 Å². The van der Waals surface area contributed by atoms with E-state index >= 15 is 0 Å². The zero-order valence-corrected chi connectivity index (χ0v) is 12.8. The lowest BCUT2D eigenvalue weighted by molar-refractivity contribution is -0.122. The summed E-state index contributed by atoms with van der Waals surface area (Å²) in [7, 11) is 1.64. The minimum Gasteiger partial charge on any atom is -0.380 e. The molecule has 0 unspecified atom stereocenters. The summed E-state index contributed by atoms with van der Waals surface area (Å²) in [5, 5.41) is 8.96. The Hall–Kier alpha value is -1.42. The number of halogens is 1. The van der Waals surface area contributed by atoms with E-state index in [2.05, 4.69) is 22.0 Å². The molecule has 1 aliphatic rings. The molecule has 2 rings (SSSR count). The summed E-state index contributed by atoms with van der Waals surface area (Å²) in [6.45, 7) is 1.22. The summed E-state index contributed by atoms with van der Waals surface area (Å²) in [6, 6.07) is 7.21. The maximum Gasteiger partial charge on any atom is 0.234 e. The number of carbonyl (C=O) groups excluding carboxylic acids is 1. The zero-order valence-electron chi connectivity index (χ0n) is 11.2. The van der Waals surface area contributed by atoms with Gasteiger partial charge in [0.15, 0.2) is 0 Å². The van der Waals surface area contributed by atoms with Crippen molar-refractivity contribution in [3.05, 3.63) is 33.8 Å². The molecule has 0 aliphatic carbocycles. The number of hydrogen-bond acceptors (Lipinski definition) is 4. The molecule has 1 amide bonds. The average molecular weight is 338 g/mol. The van der Waals surface area contributed by atoms with E-state index in [1.807, 2.05) is 17.0 Å². The van der Waals surface area contributed by atoms with Crippen LogP contribution in [-0.2, 0) is 16.1 Å². The van der Waals surface area contributed by atoms with Gasteiger partial charge in [-0.1, -0.05) is 15.9 Å². The van der Waals surface area contributed by atoms with Gasteiger partial charge in [-0.2, -0.15) is 5.26 Å². The standard InChI is InChI=1S/C14H16BrN3O2/c1-20-11-5-13(14(17)19)18(8-11)7-10-4-9(6-16)2-3-12(10)15/h2-4,11,13H,5,7-8H2,1H3,(H2,17,19)/t11-,13-/m0/s1. The molecule has 0 radical (unpaired) electrons. The van der Waals surface area contributed by atoms with Gasteiger partial charge >= 0.3 is 0 Å². The normalized spacial score (nSPS) is 22.6. The molecule has 6 heteroatoms. The minimum absolute atomic E-state index is 0.0189. The van der Waals surface area contributed by atoms with E-state index in [4.69, 9.17) is 15.7 Å². The van der Waals surface area contributed by atoms with Crippen molar-refractivity contribution in [3.63, 3.8) is 0 Å². The lowest BCUT2D eigenvalue weighted by Gasteiger charge is -2.22. The fraction of sp³-hybridized carbons (Fsp3) is 0.429. The number of nitrogens with two attached hydrogens (primary N) is 1. The van der Waals surface area contributed by atoms with Gasteiger partial charge in [0.25, 0.3) is 0 Å². The SMILES string of the molecule is CO[C@H]1C[C@@H](C(N)=O)N(Cc2cc(C#N)ccc2Br)C1. The summed E-state index contributed by atoms with van der Waals surface area (Å²) >= 11 is 3.47. The van der Waals surface area contributed by atoms with E-state index < -0.39 is 0 Å². The molecular formula is C14H16BrN3O2. The van der Waals surface area contributed by atoms with Crippen LogP contribution in [-0.4, -0.2) is 36.6 Å². The number of methoxy groups -OCH3 is 1. The molecule has 0 aromatic heterocycles. The molecule has 5 nitrogen and oxygen atoms in total. The summed E-state index contributed by atoms with van der Waals surface area (Å²) < 4.78 is 6.24. The molecule has 1 aromatic carbocycles. The van der Waals surface area contributed by atoms with E-state index in [1.54, 1.807) is 13.2 Å². The van der Waals surface area contributed by atoms with Crippen LogP contribution in [0.3, 0.4) is 0 Å². The number of carbonyl (C=O) groups is 1. The van der Waals surface area contributed by atoms with E-state index in [-0.39, 0.29) is 18.1 Å². The smallest absolute Gasteiger partial charge is 0.234 e. The fourth-order valence-corrected chi connectivity index (χ4v) is 2.86. The van der Waals surface area contributed by atoms with Crippen LogP contribution in [0.4, 0.5) is 0 Å². The average Bonchev–Trinajstić information content (AvgIpc) is 2.84. The second-order valence-corrected chi connectivity index (χ2v) is 5.71. The predicted molar refractivity (Wildman–Crippen MR) is 77.7 cm³/mol. The van der Waals surface area contributed by atoms with Crippen molar-refractivity contribution in [1.29, 1.82) is 5.26 Å². The highest BCUT2D eigenvalue weighted by Gasteiger charge is 2.35. The van der Waals surface area contributed by atoms with E-state index in [9.17, 15) is 4.79 Å². The summed E-state index contributed by atoms with van der Waals surface area (Å²) in [5.74, 6) is -0.336. The van der Waals surface area contributed by atoms with Gasteiger partial charge < -0.3 is 10.5 Å². The van der Waals surface area contributed by atoms with Crippen LogP contribution in [0, 0.1) is 11.3 Å². The number of hydrogen-bond donors (Lipinski definition) is 1. The van der Waals surface area contributed by atoms with Crippen molar-refractivity contribution in [2.75, 3.05) is 13.7 Å². The highest BCUT2D eigenvalue weighted by molar-refractivity contribution is 9.10. The largest absolute Gasteiger partial charge is 0.380 e. The topological polar surface area (TPSA) is 79.3 Å². The molecule has 1 aromatic rings. The number of likely N-dealkylation sites (tertiary alicyclic amines) is 1. The van der Waals surface area contributed by atoms with Crippen molar-refractivity contribution >= 4 is 21.8 Å². The van der Waals surface area contributed by atoms with Gasteiger partial charge in [0, 0.05) is 24.7 Å². The number of nitriles is 1. The third-order valence-electron chi connectivity index (χ3n) is 3.58. The first-order valence-corrected chi connectivity index (χ1v) is 7.09. The second-order valence-electron chi connectivity index (χ2n) is 4.86. The van der Waals surface area contributed by atoms with Gasteiger partial charge in [0.05, 0.1) is 23.8 Å². The number of primary amides is 1. The molecule has 1 saturated heterocycles. The van der Waals surface area contributed by atoms with E-state index in [1.165, 1.54) is 0 Å². The van der Waals surface area contributed by atoms with Crippen molar-refractivity contribution in [1.82, 2.24) is 4.90 Å². The molecule has 1 fully saturated rings. The van der Waals surface area contributed by atoms with Crippen LogP contribution in [0.5, 0.6) is 0 Å². The van der Waals surface area contributed by atoms with Gasteiger partial charge in [0.2, 0.25) is 5.91 Å². The monoisotopic (exact) mass is 337 g/mol. The molecule has 106 valence electrons. The van der Waals surface area contributed by atoms with Crippen molar-refractivity contribution in [2.45, 2.75) is 25.1 Å². The predicted octanol–water partition coefficient (Wildman–Crippen LogP) is 1.40. The first-order chi connectivity index (χ1) is 9.55. The van der Waals surface area contributed by atoms with Crippen LogP contribution >= 0.6 is 15.9 Å². The molecule has 1 heterocycles. The minimum atomic E-state index is -0.336. The van der Waals surface area contributed by atoms with Gasteiger partial charge in [-0.05, 0) is 30.2 Å². The number of amides is 1. The fourth-order valence-electron chi connectivity index (χ4n) is 2.49. The first kappa shape index (κ1) is 15.0. The Morgan fingerprint density at radius 3 is 3.00 bits per heavy atom. The third kappa shape index (κ3) is 3.18. The molecule has 0 bridgehead atoms. The zero-order chi connectivity index (χ0) is 14.7. The highest BCUT2D eigenvalue weighted by atomic mass is 79.9. The third-order valence-corrected chi connectivity index (χ3v) is 4.35. The molecule has 0 spiro atoms. The van der Waals surface area contributed by atoms with Gasteiger partial charge in [-0.15, -0.1) is 0 Å². The van der Waals surface area contributed by atoms with Crippen LogP contribution in [0.25, 0.3) is 0 Å². The second kappa shape index (κ2) is 6.35. The lowest BCUT2D eigenvalue weighted by Crippen LogP contribution is -2.39. The Morgan fingerprint density at radius 1 is 1.65 bits per heavy atom. The van der Waals surface area contributed by atoms with Crippen LogP contribution in [0.2, 0.25) is 0 Å². The quantitative estimate of drug-likeness (QED) is 0.900. The molecule has 1 aliphatic heterocycles. The summed E-state index contributed by atoms with van der Waals surface area (Å²) in [6.07, 6.45) is 0.631. The maximum atomic E-state index is 11.5. The van der Waals surface area contributed by atoms with E-state index in [0.717, 1.165) is 10.0 Å². The van der Waals surface area contributed by atoms with Crippen molar-refractivity contribution < 1.29 is 9.53 Å². The van der Waals surface area contributed by atoms with Crippen molar-refractivity contribution in [3.8, 4) is 6.07 Å². The van der Waals surface area contributed by atoms with Crippen molar-refractivity contribution in [2.24, 2.45) is 5.73 Å². The van der Waals surface area contributed by atoms with Crippen LogP contribution in [0.1, 0.15) is 17.5 Å². The number of benzene rings is 1. The molecular weight excluding hydrogens is 322 g/mol. The Labute approximate surface area is 126 Å². The van der Waals surface area contributed by atoms with Crippen LogP contribution < -0.4 is 5.73 Å². The van der Waals surface area contributed by atoms with Crippen LogP contribution in [0.15, 0.2) is 22.7 Å². The summed E-state index contributed by atoms with van der Waals surface area (Å²) in [4.78, 5) is 13.5. The number of nitrogens with zero attached hydrogens (tertiary/aromatic N) is 2. The molecule has 20 heavy (non-hydrogen) atoms. The van der Waals surface area contributed by atoms with Gasteiger partial charge in [0.1, 0.15) is 0 Å². The molecule has 2 atom stereocenters. The number of ether oxygens (including phenoxy) is 1. The highest BCUT2D eigenvalue weighted by Crippen LogP contribution is 2.26. The Balaban J connectivity index is 2.20. The Bertz CT molecular complexity index is 556. The van der Waals surface area contributed by atoms with Gasteiger partial charge in [-0.3, -0.25) is 9.69 Å². The lowest BCUT2D eigenvalue weighted by atomic mass is 10.1.